The predicted octanol–water partition coefficient (Wildman–Crippen LogP) is 0.635. The van der Waals surface area contributed by atoms with Gasteiger partial charge in [0.25, 0.3) is 0 Å². The number of nitrogens with one attached hydrogen (secondary N) is 1. The first-order chi connectivity index (χ1) is 6.31. The van der Waals surface area contributed by atoms with Gasteiger partial charge in [-0.1, -0.05) is 17.7 Å². The van der Waals surface area contributed by atoms with Gasteiger partial charge in [-0.15, -0.1) is 0 Å². The summed E-state index contributed by atoms with van der Waals surface area (Å²) in [5.74, 6) is 0.321. The van der Waals surface area contributed by atoms with Crippen LogP contribution in [0.1, 0.15) is 6.42 Å². The van der Waals surface area contributed by atoms with E-state index < -0.39 is 0 Å². The van der Waals surface area contributed by atoms with Gasteiger partial charge in [0, 0.05) is 18.7 Å². The molecule has 70 valence electrons. The first kappa shape index (κ1) is 8.51. The van der Waals surface area contributed by atoms with E-state index in [4.69, 9.17) is 0 Å². The highest BCUT2D eigenvalue weighted by atomic mass is 16.5. The molecule has 1 heterocycles. The minimum absolute atomic E-state index is 0.192. The van der Waals surface area contributed by atoms with Crippen molar-refractivity contribution in [2.45, 2.75) is 6.42 Å². The predicted molar refractivity (Wildman–Crippen MR) is 49.2 cm³/mol. The Balaban J connectivity index is 2.14. The molecular weight excluding hydrogens is 166 g/mol. The van der Waals surface area contributed by atoms with Crippen molar-refractivity contribution in [3.63, 3.8) is 0 Å². The standard InChI is InChI=1S/C10H13NO2/c1-13-10(12)7-2-3-8-5-11-6-9(8)4-7/h2-3,9,11H,4-6H2,1H3. The largest absolute Gasteiger partial charge is 0.466 e. The second-order valence-corrected chi connectivity index (χ2v) is 3.46. The summed E-state index contributed by atoms with van der Waals surface area (Å²) >= 11 is 0. The van der Waals surface area contributed by atoms with E-state index in [9.17, 15) is 4.79 Å². The Bertz CT molecular complexity index is 291. The monoisotopic (exact) mass is 179 g/mol. The lowest BCUT2D eigenvalue weighted by Crippen LogP contribution is -2.15. The molecule has 1 N–H and O–H groups in total. The summed E-state index contributed by atoms with van der Waals surface area (Å²) in [4.78, 5) is 11.2. The third kappa shape index (κ3) is 1.52. The Morgan fingerprint density at radius 1 is 1.62 bits per heavy atom. The van der Waals surface area contributed by atoms with Gasteiger partial charge in [-0.25, -0.2) is 4.79 Å². The molecule has 3 heteroatoms. The number of methoxy groups -OCH3 is 1. The quantitative estimate of drug-likeness (QED) is 0.600. The molecule has 1 atom stereocenters. The van der Waals surface area contributed by atoms with E-state index in [1.165, 1.54) is 12.7 Å². The maximum Gasteiger partial charge on any atom is 0.333 e. The summed E-state index contributed by atoms with van der Waals surface area (Å²) in [6.07, 6.45) is 4.75. The van der Waals surface area contributed by atoms with E-state index >= 15 is 0 Å². The van der Waals surface area contributed by atoms with E-state index in [1.807, 2.05) is 12.2 Å². The normalized spacial score (nSPS) is 26.1. The number of carbonyl (C=O) groups excluding carboxylic acids is 1. The van der Waals surface area contributed by atoms with Gasteiger partial charge in [-0.3, -0.25) is 0 Å². The molecular formula is C10H13NO2. The van der Waals surface area contributed by atoms with Crippen molar-refractivity contribution in [1.82, 2.24) is 5.32 Å². The Kier molecular flexibility index (Phi) is 2.19. The maximum atomic E-state index is 11.2. The number of hydrogen-bond donors (Lipinski definition) is 1. The molecule has 1 aliphatic carbocycles. The number of hydrogen-bond acceptors (Lipinski definition) is 3. The van der Waals surface area contributed by atoms with E-state index in [-0.39, 0.29) is 5.97 Å². The van der Waals surface area contributed by atoms with E-state index in [2.05, 4.69) is 10.1 Å². The van der Waals surface area contributed by atoms with E-state index in [0.717, 1.165) is 25.1 Å². The second kappa shape index (κ2) is 3.34. The van der Waals surface area contributed by atoms with Crippen LogP contribution in [0.2, 0.25) is 0 Å². The zero-order valence-corrected chi connectivity index (χ0v) is 7.67. The molecule has 1 fully saturated rings. The lowest BCUT2D eigenvalue weighted by atomic mass is 9.89. The van der Waals surface area contributed by atoms with Gasteiger partial charge in [0.1, 0.15) is 0 Å². The van der Waals surface area contributed by atoms with Crippen LogP contribution >= 0.6 is 0 Å². The smallest absolute Gasteiger partial charge is 0.333 e. The summed E-state index contributed by atoms with van der Waals surface area (Å²) in [6.45, 7) is 1.95. The van der Waals surface area contributed by atoms with Crippen LogP contribution in [-0.2, 0) is 9.53 Å². The minimum atomic E-state index is -0.192. The number of rotatable bonds is 1. The number of allylic oxidation sites excluding steroid dienone is 2. The van der Waals surface area contributed by atoms with Crippen molar-refractivity contribution < 1.29 is 9.53 Å². The average Bonchev–Trinajstić information content (AvgIpc) is 2.63. The molecule has 13 heavy (non-hydrogen) atoms. The van der Waals surface area contributed by atoms with Crippen molar-refractivity contribution in [1.29, 1.82) is 0 Å². The first-order valence-electron chi connectivity index (χ1n) is 4.50. The lowest BCUT2D eigenvalue weighted by Gasteiger charge is -2.16. The SMILES string of the molecule is COC(=O)C1=CC=C2CNCC2C1. The Labute approximate surface area is 77.5 Å². The van der Waals surface area contributed by atoms with Gasteiger partial charge in [0.15, 0.2) is 0 Å². The molecule has 0 aromatic carbocycles. The van der Waals surface area contributed by atoms with Crippen molar-refractivity contribution in [2.24, 2.45) is 5.92 Å². The van der Waals surface area contributed by atoms with Crippen LogP contribution in [-0.4, -0.2) is 26.2 Å². The van der Waals surface area contributed by atoms with Crippen LogP contribution in [0, 0.1) is 5.92 Å². The molecule has 2 aliphatic rings. The molecule has 0 spiro atoms. The zero-order valence-electron chi connectivity index (χ0n) is 7.67. The van der Waals surface area contributed by atoms with Crippen molar-refractivity contribution >= 4 is 5.97 Å². The number of carbonyl (C=O) groups is 1. The molecule has 0 saturated carbocycles. The van der Waals surface area contributed by atoms with Crippen LogP contribution in [0.3, 0.4) is 0 Å². The van der Waals surface area contributed by atoms with Gasteiger partial charge in [-0.2, -0.15) is 0 Å². The fourth-order valence-corrected chi connectivity index (χ4v) is 1.89. The number of fused-ring (bicyclic) bond motifs is 1. The van der Waals surface area contributed by atoms with Crippen LogP contribution < -0.4 is 5.32 Å². The summed E-state index contributed by atoms with van der Waals surface area (Å²) in [5, 5.41) is 3.29. The Morgan fingerprint density at radius 3 is 3.23 bits per heavy atom. The Morgan fingerprint density at radius 2 is 2.46 bits per heavy atom. The third-order valence-corrected chi connectivity index (χ3v) is 2.66. The minimum Gasteiger partial charge on any atom is -0.466 e. The van der Waals surface area contributed by atoms with Gasteiger partial charge in [0.05, 0.1) is 7.11 Å². The fourth-order valence-electron chi connectivity index (χ4n) is 1.89. The highest BCUT2D eigenvalue weighted by Gasteiger charge is 2.26. The van der Waals surface area contributed by atoms with Crippen molar-refractivity contribution in [3.05, 3.63) is 23.3 Å². The van der Waals surface area contributed by atoms with Gasteiger partial charge in [0.2, 0.25) is 0 Å². The van der Waals surface area contributed by atoms with Gasteiger partial charge in [-0.05, 0) is 12.3 Å². The van der Waals surface area contributed by atoms with E-state index in [0.29, 0.717) is 5.92 Å². The number of esters is 1. The molecule has 0 amide bonds. The summed E-state index contributed by atoms with van der Waals surface area (Å²) in [7, 11) is 1.43. The van der Waals surface area contributed by atoms with Crippen LogP contribution in [0.25, 0.3) is 0 Å². The maximum absolute atomic E-state index is 11.2. The zero-order chi connectivity index (χ0) is 9.26. The summed E-state index contributed by atoms with van der Waals surface area (Å²) < 4.78 is 4.68. The lowest BCUT2D eigenvalue weighted by molar-refractivity contribution is -0.136. The molecule has 3 nitrogen and oxygen atoms in total. The first-order valence-corrected chi connectivity index (χ1v) is 4.50. The third-order valence-electron chi connectivity index (χ3n) is 2.66. The molecule has 0 aromatic heterocycles. The molecule has 2 rings (SSSR count). The van der Waals surface area contributed by atoms with Gasteiger partial charge >= 0.3 is 5.97 Å². The fraction of sp³-hybridized carbons (Fsp3) is 0.500. The summed E-state index contributed by atoms with van der Waals surface area (Å²) in [5.41, 5.74) is 2.20. The van der Waals surface area contributed by atoms with Gasteiger partial charge < -0.3 is 10.1 Å². The van der Waals surface area contributed by atoms with Crippen molar-refractivity contribution in [3.8, 4) is 0 Å². The summed E-state index contributed by atoms with van der Waals surface area (Å²) in [6, 6.07) is 0. The molecule has 0 radical (unpaired) electrons. The van der Waals surface area contributed by atoms with Crippen molar-refractivity contribution in [2.75, 3.05) is 20.2 Å². The average molecular weight is 179 g/mol. The molecule has 1 unspecified atom stereocenters. The number of ether oxygens (including phenoxy) is 1. The second-order valence-electron chi connectivity index (χ2n) is 3.46. The van der Waals surface area contributed by atoms with Crippen LogP contribution in [0.5, 0.6) is 0 Å². The molecule has 1 saturated heterocycles. The van der Waals surface area contributed by atoms with Crippen LogP contribution in [0.15, 0.2) is 23.3 Å². The molecule has 1 aliphatic heterocycles. The topological polar surface area (TPSA) is 38.3 Å². The highest BCUT2D eigenvalue weighted by Crippen LogP contribution is 2.28. The Hall–Kier alpha value is -1.09. The highest BCUT2D eigenvalue weighted by molar-refractivity contribution is 5.89. The van der Waals surface area contributed by atoms with E-state index in [1.54, 1.807) is 0 Å². The van der Waals surface area contributed by atoms with Crippen LogP contribution in [0.4, 0.5) is 0 Å². The molecule has 0 bridgehead atoms. The molecule has 0 aromatic rings.